The summed E-state index contributed by atoms with van der Waals surface area (Å²) in [7, 11) is 1.87. The van der Waals surface area contributed by atoms with E-state index in [2.05, 4.69) is 42.0 Å². The molecular weight excluding hydrogens is 236 g/mol. The number of nitrogen functional groups attached to an aromatic ring is 1. The van der Waals surface area contributed by atoms with Crippen molar-refractivity contribution in [2.75, 3.05) is 18.8 Å². The van der Waals surface area contributed by atoms with Crippen LogP contribution in [-0.4, -0.2) is 27.8 Å². The summed E-state index contributed by atoms with van der Waals surface area (Å²) in [6.07, 6.45) is 1.84. The lowest BCUT2D eigenvalue weighted by atomic mass is 10.0. The minimum absolute atomic E-state index is 0.715. The summed E-state index contributed by atoms with van der Waals surface area (Å²) in [4.78, 5) is 2.39. The molecule has 0 radical (unpaired) electrons. The van der Waals surface area contributed by atoms with Crippen LogP contribution in [0.25, 0.3) is 11.1 Å². The van der Waals surface area contributed by atoms with E-state index in [1.165, 1.54) is 11.1 Å². The highest BCUT2D eigenvalue weighted by molar-refractivity contribution is 5.76. The molecule has 2 aromatic rings. The van der Waals surface area contributed by atoms with E-state index in [4.69, 9.17) is 5.73 Å². The molecule has 2 rings (SSSR count). The number of anilines is 1. The minimum atomic E-state index is 0.715. The lowest BCUT2D eigenvalue weighted by Gasteiger charge is -2.20. The van der Waals surface area contributed by atoms with E-state index >= 15 is 0 Å². The zero-order chi connectivity index (χ0) is 13.8. The maximum Gasteiger partial charge on any atom is 0.129 e. The summed E-state index contributed by atoms with van der Waals surface area (Å²) in [5.74, 6) is 0.715. The first-order chi connectivity index (χ1) is 9.17. The zero-order valence-corrected chi connectivity index (χ0v) is 11.9. The second-order valence-corrected chi connectivity index (χ2v) is 4.69. The van der Waals surface area contributed by atoms with Crippen molar-refractivity contribution in [3.8, 4) is 11.1 Å². The van der Waals surface area contributed by atoms with Crippen molar-refractivity contribution < 1.29 is 0 Å². The Balaban J connectivity index is 2.38. The van der Waals surface area contributed by atoms with Crippen molar-refractivity contribution in [3.63, 3.8) is 0 Å². The molecule has 0 saturated heterocycles. The number of rotatable bonds is 5. The van der Waals surface area contributed by atoms with E-state index in [9.17, 15) is 0 Å². The highest BCUT2D eigenvalue weighted by Gasteiger charge is 2.12. The van der Waals surface area contributed by atoms with Crippen molar-refractivity contribution in [2.45, 2.75) is 20.4 Å². The molecule has 0 fully saturated rings. The van der Waals surface area contributed by atoms with Gasteiger partial charge in [-0.1, -0.05) is 38.1 Å². The van der Waals surface area contributed by atoms with Gasteiger partial charge in [0, 0.05) is 19.2 Å². The predicted octanol–water partition coefficient (Wildman–Crippen LogP) is 2.51. The summed E-state index contributed by atoms with van der Waals surface area (Å²) >= 11 is 0. The number of hydrogen-bond donors (Lipinski definition) is 1. The van der Waals surface area contributed by atoms with Crippen LogP contribution in [-0.2, 0) is 13.6 Å². The minimum Gasteiger partial charge on any atom is -0.383 e. The molecule has 1 aromatic heterocycles. The average molecular weight is 258 g/mol. The largest absolute Gasteiger partial charge is 0.383 e. The highest BCUT2D eigenvalue weighted by atomic mass is 15.3. The van der Waals surface area contributed by atoms with E-state index in [-0.39, 0.29) is 0 Å². The van der Waals surface area contributed by atoms with Crippen LogP contribution in [0.4, 0.5) is 5.82 Å². The summed E-state index contributed by atoms with van der Waals surface area (Å²) in [6, 6.07) is 8.41. The van der Waals surface area contributed by atoms with Gasteiger partial charge >= 0.3 is 0 Å². The van der Waals surface area contributed by atoms with Gasteiger partial charge in [0.1, 0.15) is 5.82 Å². The lowest BCUT2D eigenvalue weighted by molar-refractivity contribution is 0.296. The molecule has 4 heteroatoms. The molecule has 4 nitrogen and oxygen atoms in total. The van der Waals surface area contributed by atoms with Crippen LogP contribution in [0.3, 0.4) is 0 Å². The normalized spacial score (nSPS) is 11.2. The van der Waals surface area contributed by atoms with E-state index < -0.39 is 0 Å². The molecule has 0 amide bonds. The molecule has 1 heterocycles. The topological polar surface area (TPSA) is 47.1 Å². The number of benzene rings is 1. The van der Waals surface area contributed by atoms with E-state index in [0.29, 0.717) is 5.82 Å². The zero-order valence-electron chi connectivity index (χ0n) is 11.9. The van der Waals surface area contributed by atoms with Crippen LogP contribution in [0.1, 0.15) is 19.4 Å². The smallest absolute Gasteiger partial charge is 0.129 e. The van der Waals surface area contributed by atoms with E-state index in [0.717, 1.165) is 25.2 Å². The van der Waals surface area contributed by atoms with Gasteiger partial charge in [-0.2, -0.15) is 5.10 Å². The van der Waals surface area contributed by atoms with Crippen LogP contribution in [0.2, 0.25) is 0 Å². The predicted molar refractivity (Wildman–Crippen MR) is 79.7 cm³/mol. The fraction of sp³-hybridized carbons (Fsp3) is 0.400. The van der Waals surface area contributed by atoms with Gasteiger partial charge in [0.15, 0.2) is 0 Å². The lowest BCUT2D eigenvalue weighted by Crippen LogP contribution is -2.22. The van der Waals surface area contributed by atoms with Crippen LogP contribution in [0, 0.1) is 0 Å². The van der Waals surface area contributed by atoms with Crippen molar-refractivity contribution in [1.29, 1.82) is 0 Å². The monoisotopic (exact) mass is 258 g/mol. The third-order valence-corrected chi connectivity index (χ3v) is 3.58. The molecule has 1 aromatic carbocycles. The molecule has 0 spiro atoms. The van der Waals surface area contributed by atoms with Gasteiger partial charge < -0.3 is 5.73 Å². The van der Waals surface area contributed by atoms with Gasteiger partial charge in [-0.25, -0.2) is 0 Å². The number of hydrogen-bond acceptors (Lipinski definition) is 3. The summed E-state index contributed by atoms with van der Waals surface area (Å²) < 4.78 is 1.71. The molecule has 0 aliphatic carbocycles. The van der Waals surface area contributed by atoms with Gasteiger partial charge in [0.25, 0.3) is 0 Å². The molecule has 0 aliphatic heterocycles. The number of nitrogens with zero attached hydrogens (tertiary/aromatic N) is 3. The second-order valence-electron chi connectivity index (χ2n) is 4.69. The van der Waals surface area contributed by atoms with Gasteiger partial charge in [0.2, 0.25) is 0 Å². The third-order valence-electron chi connectivity index (χ3n) is 3.58. The van der Waals surface area contributed by atoms with E-state index in [1.54, 1.807) is 4.68 Å². The van der Waals surface area contributed by atoms with Crippen molar-refractivity contribution >= 4 is 5.82 Å². The van der Waals surface area contributed by atoms with Crippen LogP contribution in [0.5, 0.6) is 0 Å². The Kier molecular flexibility index (Phi) is 4.22. The van der Waals surface area contributed by atoms with Gasteiger partial charge in [0.05, 0.1) is 6.20 Å². The first-order valence-corrected chi connectivity index (χ1v) is 6.75. The third kappa shape index (κ3) is 2.79. The molecular formula is C15H22N4. The van der Waals surface area contributed by atoms with E-state index in [1.807, 2.05) is 19.3 Å². The SMILES string of the molecule is CCN(CC)Cc1ccccc1-c1cnn(C)c1N. The van der Waals surface area contributed by atoms with Crippen molar-refractivity contribution in [1.82, 2.24) is 14.7 Å². The Hall–Kier alpha value is -1.81. The van der Waals surface area contributed by atoms with Crippen LogP contribution in [0.15, 0.2) is 30.5 Å². The first kappa shape index (κ1) is 13.6. The molecule has 0 unspecified atom stereocenters. The maximum atomic E-state index is 6.09. The fourth-order valence-electron chi connectivity index (χ4n) is 2.26. The summed E-state index contributed by atoms with van der Waals surface area (Å²) in [5.41, 5.74) is 9.58. The Morgan fingerprint density at radius 1 is 1.16 bits per heavy atom. The Labute approximate surface area is 114 Å². The van der Waals surface area contributed by atoms with Gasteiger partial charge in [-0.15, -0.1) is 0 Å². The summed E-state index contributed by atoms with van der Waals surface area (Å²) in [5, 5.41) is 4.23. The molecule has 19 heavy (non-hydrogen) atoms. The standard InChI is InChI=1S/C15H22N4/c1-4-19(5-2)11-12-8-6-7-9-13(12)14-10-17-18(3)15(14)16/h6-10H,4-5,11,16H2,1-3H3. The fourth-order valence-corrected chi connectivity index (χ4v) is 2.26. The molecule has 2 N–H and O–H groups in total. The molecule has 102 valence electrons. The van der Waals surface area contributed by atoms with Crippen LogP contribution < -0.4 is 5.73 Å². The number of aromatic nitrogens is 2. The molecule has 0 atom stereocenters. The maximum absolute atomic E-state index is 6.09. The van der Waals surface area contributed by atoms with Crippen molar-refractivity contribution in [3.05, 3.63) is 36.0 Å². The highest BCUT2D eigenvalue weighted by Crippen LogP contribution is 2.29. The molecule has 0 bridgehead atoms. The molecule has 0 aliphatic rings. The Morgan fingerprint density at radius 2 is 1.84 bits per heavy atom. The Bertz CT molecular complexity index is 541. The van der Waals surface area contributed by atoms with Gasteiger partial charge in [-0.3, -0.25) is 9.58 Å². The number of nitrogens with two attached hydrogens (primary N) is 1. The second kappa shape index (κ2) is 5.89. The quantitative estimate of drug-likeness (QED) is 0.896. The van der Waals surface area contributed by atoms with Crippen LogP contribution >= 0.6 is 0 Å². The Morgan fingerprint density at radius 3 is 2.42 bits per heavy atom. The van der Waals surface area contributed by atoms with Crippen molar-refractivity contribution in [2.24, 2.45) is 7.05 Å². The molecule has 0 saturated carbocycles. The summed E-state index contributed by atoms with van der Waals surface area (Å²) in [6.45, 7) is 7.41. The van der Waals surface area contributed by atoms with Gasteiger partial charge in [-0.05, 0) is 24.2 Å². The average Bonchev–Trinajstić information content (AvgIpc) is 2.77. The number of aryl methyl sites for hydroxylation is 1. The first-order valence-electron chi connectivity index (χ1n) is 6.75.